The van der Waals surface area contributed by atoms with E-state index in [0.29, 0.717) is 5.82 Å². The maximum Gasteiger partial charge on any atom is 0.126 e. The van der Waals surface area contributed by atoms with Crippen molar-refractivity contribution in [3.8, 4) is 16.5 Å². The number of nitrogen functional groups attached to an aromatic ring is 1. The summed E-state index contributed by atoms with van der Waals surface area (Å²) in [4.78, 5) is 8.26. The van der Waals surface area contributed by atoms with E-state index in [4.69, 9.17) is 10.7 Å². The summed E-state index contributed by atoms with van der Waals surface area (Å²) in [7, 11) is 0. The van der Waals surface area contributed by atoms with Crippen LogP contribution in [0, 0.1) is 11.3 Å². The average molecular weight is 385 g/mol. The quantitative estimate of drug-likeness (QED) is 0.459. The van der Waals surface area contributed by atoms with E-state index in [9.17, 15) is 5.26 Å². The number of anilines is 2. The number of rotatable bonds is 2. The largest absolute Gasteiger partial charge is 0.384 e. The molecule has 5 rings (SSSR count). The molecule has 1 aliphatic heterocycles. The van der Waals surface area contributed by atoms with E-state index >= 15 is 0 Å². The van der Waals surface area contributed by atoms with Crippen LogP contribution in [0.2, 0.25) is 0 Å². The second kappa shape index (κ2) is 6.81. The Morgan fingerprint density at radius 3 is 2.54 bits per heavy atom. The molecule has 1 aliphatic rings. The number of benzene rings is 2. The summed E-state index contributed by atoms with van der Waals surface area (Å²) in [5.41, 5.74) is 9.96. The second-order valence-electron chi connectivity index (χ2n) is 7.22. The molecule has 3 heterocycles. The van der Waals surface area contributed by atoms with Crippen LogP contribution in [-0.4, -0.2) is 18.1 Å². The van der Waals surface area contributed by atoms with Crippen molar-refractivity contribution in [3.05, 3.63) is 53.4 Å². The van der Waals surface area contributed by atoms with E-state index in [0.717, 1.165) is 56.5 Å². The van der Waals surface area contributed by atoms with Gasteiger partial charge < -0.3 is 10.6 Å². The molecule has 0 spiro atoms. The SMILES string of the molecule is N#Cc1c(-c2cccs2)c2c(N3CCCCC3)cc(N)nc2c2ccccc12. The minimum atomic E-state index is 0.528. The zero-order valence-electron chi connectivity index (χ0n) is 15.5. The molecule has 138 valence electrons. The van der Waals surface area contributed by atoms with Crippen molar-refractivity contribution in [1.29, 1.82) is 5.26 Å². The molecule has 1 saturated heterocycles. The van der Waals surface area contributed by atoms with Crippen molar-refractivity contribution in [1.82, 2.24) is 4.98 Å². The molecule has 2 N–H and O–H groups in total. The molecule has 4 nitrogen and oxygen atoms in total. The van der Waals surface area contributed by atoms with Gasteiger partial charge in [-0.3, -0.25) is 0 Å². The molecule has 0 bridgehead atoms. The molecule has 0 unspecified atom stereocenters. The van der Waals surface area contributed by atoms with Gasteiger partial charge in [-0.1, -0.05) is 30.3 Å². The topological polar surface area (TPSA) is 65.9 Å². The molecule has 28 heavy (non-hydrogen) atoms. The standard InChI is InChI=1S/C23H20N4S/c24-14-17-15-7-2-3-8-16(15)23-22(21(17)19-9-6-12-28-19)18(13-20(25)26-23)27-10-4-1-5-11-27/h2-3,6-9,12-13H,1,4-5,10-11H2,(H2,25,26). The van der Waals surface area contributed by atoms with Crippen LogP contribution < -0.4 is 10.6 Å². The molecule has 0 saturated carbocycles. The van der Waals surface area contributed by atoms with Gasteiger partial charge in [0, 0.05) is 45.8 Å². The lowest BCUT2D eigenvalue weighted by atomic mass is 9.92. The first-order chi connectivity index (χ1) is 13.8. The van der Waals surface area contributed by atoms with E-state index < -0.39 is 0 Å². The van der Waals surface area contributed by atoms with E-state index in [1.54, 1.807) is 11.3 Å². The Balaban J connectivity index is 1.99. The Labute approximate surface area is 167 Å². The zero-order valence-corrected chi connectivity index (χ0v) is 16.3. The number of pyridine rings is 1. The van der Waals surface area contributed by atoms with Gasteiger partial charge in [0.1, 0.15) is 11.9 Å². The van der Waals surface area contributed by atoms with Gasteiger partial charge in [-0.05, 0) is 30.7 Å². The normalized spacial score (nSPS) is 14.5. The predicted molar refractivity (Wildman–Crippen MR) is 118 cm³/mol. The van der Waals surface area contributed by atoms with Crippen LogP contribution in [0.5, 0.6) is 0 Å². The van der Waals surface area contributed by atoms with Crippen LogP contribution in [0.4, 0.5) is 11.5 Å². The van der Waals surface area contributed by atoms with Gasteiger partial charge in [0.15, 0.2) is 0 Å². The highest BCUT2D eigenvalue weighted by atomic mass is 32.1. The smallest absolute Gasteiger partial charge is 0.126 e. The van der Waals surface area contributed by atoms with Gasteiger partial charge in [-0.2, -0.15) is 5.26 Å². The fourth-order valence-corrected chi connectivity index (χ4v) is 5.11. The number of nitrogens with two attached hydrogens (primary N) is 1. The van der Waals surface area contributed by atoms with Crippen LogP contribution in [0.3, 0.4) is 0 Å². The van der Waals surface area contributed by atoms with Crippen molar-refractivity contribution in [2.24, 2.45) is 0 Å². The summed E-state index contributed by atoms with van der Waals surface area (Å²) < 4.78 is 0. The van der Waals surface area contributed by atoms with Crippen molar-refractivity contribution in [2.45, 2.75) is 19.3 Å². The molecule has 0 aliphatic carbocycles. The number of nitriles is 1. The minimum Gasteiger partial charge on any atom is -0.384 e. The third kappa shape index (κ3) is 2.61. The van der Waals surface area contributed by atoms with Gasteiger partial charge in [-0.15, -0.1) is 11.3 Å². The van der Waals surface area contributed by atoms with E-state index in [2.05, 4.69) is 22.4 Å². The molecular weight excluding hydrogens is 364 g/mol. The molecular formula is C23H20N4S. The maximum atomic E-state index is 10.1. The molecule has 0 amide bonds. The molecule has 5 heteroatoms. The number of hydrogen-bond acceptors (Lipinski definition) is 5. The molecule has 2 aromatic carbocycles. The Bertz CT molecular complexity index is 1220. The Hall–Kier alpha value is -3.10. The summed E-state index contributed by atoms with van der Waals surface area (Å²) in [5, 5.41) is 15.2. The van der Waals surface area contributed by atoms with Gasteiger partial charge in [-0.25, -0.2) is 4.98 Å². The highest BCUT2D eigenvalue weighted by Crippen LogP contribution is 2.44. The monoisotopic (exact) mass is 384 g/mol. The molecule has 2 aromatic heterocycles. The van der Waals surface area contributed by atoms with Gasteiger partial charge in [0.2, 0.25) is 0 Å². The third-order valence-corrected chi connectivity index (χ3v) is 6.43. The van der Waals surface area contributed by atoms with Crippen LogP contribution in [0.25, 0.3) is 32.1 Å². The van der Waals surface area contributed by atoms with Gasteiger partial charge >= 0.3 is 0 Å². The molecule has 0 atom stereocenters. The number of nitrogens with zero attached hydrogens (tertiary/aromatic N) is 3. The third-order valence-electron chi connectivity index (χ3n) is 5.55. The molecule has 1 fully saturated rings. The van der Waals surface area contributed by atoms with Gasteiger partial charge in [0.05, 0.1) is 16.8 Å². The number of fused-ring (bicyclic) bond motifs is 3. The van der Waals surface area contributed by atoms with Gasteiger partial charge in [0.25, 0.3) is 0 Å². The number of aromatic nitrogens is 1. The highest BCUT2D eigenvalue weighted by Gasteiger charge is 2.23. The number of piperidine rings is 1. The first kappa shape index (κ1) is 17.0. The molecule has 4 aromatic rings. The summed E-state index contributed by atoms with van der Waals surface area (Å²) in [6.07, 6.45) is 3.62. The first-order valence-corrected chi connectivity index (χ1v) is 10.5. The van der Waals surface area contributed by atoms with Crippen molar-refractivity contribution >= 4 is 44.5 Å². The lowest BCUT2D eigenvalue weighted by molar-refractivity contribution is 0.579. The Morgan fingerprint density at radius 2 is 1.82 bits per heavy atom. The van der Waals surface area contributed by atoms with E-state index in [-0.39, 0.29) is 0 Å². The second-order valence-corrected chi connectivity index (χ2v) is 8.17. The van der Waals surface area contributed by atoms with Crippen LogP contribution in [0.15, 0.2) is 47.8 Å². The average Bonchev–Trinajstić information content (AvgIpc) is 3.27. The van der Waals surface area contributed by atoms with Crippen LogP contribution in [-0.2, 0) is 0 Å². The van der Waals surface area contributed by atoms with E-state index in [1.165, 1.54) is 19.3 Å². The lowest BCUT2D eigenvalue weighted by Crippen LogP contribution is -2.29. The Morgan fingerprint density at radius 1 is 1.04 bits per heavy atom. The van der Waals surface area contributed by atoms with E-state index in [1.807, 2.05) is 36.4 Å². The van der Waals surface area contributed by atoms with Crippen molar-refractivity contribution in [3.63, 3.8) is 0 Å². The number of hydrogen-bond donors (Lipinski definition) is 1. The van der Waals surface area contributed by atoms with Crippen LogP contribution >= 0.6 is 11.3 Å². The minimum absolute atomic E-state index is 0.528. The maximum absolute atomic E-state index is 10.1. The molecule has 0 radical (unpaired) electrons. The predicted octanol–water partition coefficient (Wildman–Crippen LogP) is 5.56. The Kier molecular flexibility index (Phi) is 4.14. The number of thiophene rings is 1. The summed E-state index contributed by atoms with van der Waals surface area (Å²) in [5.74, 6) is 0.528. The van der Waals surface area contributed by atoms with Crippen molar-refractivity contribution < 1.29 is 0 Å². The first-order valence-electron chi connectivity index (χ1n) is 9.62. The highest BCUT2D eigenvalue weighted by molar-refractivity contribution is 7.13. The van der Waals surface area contributed by atoms with Crippen LogP contribution in [0.1, 0.15) is 24.8 Å². The van der Waals surface area contributed by atoms with Crippen molar-refractivity contribution in [2.75, 3.05) is 23.7 Å². The fraction of sp³-hybridized carbons (Fsp3) is 0.217. The zero-order chi connectivity index (χ0) is 19.1. The summed E-state index contributed by atoms with van der Waals surface area (Å²) in [6.45, 7) is 2.02. The summed E-state index contributed by atoms with van der Waals surface area (Å²) in [6, 6.07) is 16.6. The fourth-order valence-electron chi connectivity index (χ4n) is 4.33. The lowest BCUT2D eigenvalue weighted by Gasteiger charge is -2.31. The summed E-state index contributed by atoms with van der Waals surface area (Å²) >= 11 is 1.66.